The topological polar surface area (TPSA) is 24.7 Å². The van der Waals surface area contributed by atoms with Gasteiger partial charge in [-0.25, -0.2) is 9.98 Å². The second-order valence-electron chi connectivity index (χ2n) is 14.8. The highest BCUT2D eigenvalue weighted by atomic mass is 32.1. The first-order chi connectivity index (χ1) is 28.7. The van der Waals surface area contributed by atoms with Crippen LogP contribution in [0.5, 0.6) is 0 Å². The summed E-state index contributed by atoms with van der Waals surface area (Å²) in [5.74, 6) is 0.743. The molecule has 2 nitrogen and oxygen atoms in total. The fourth-order valence-electron chi connectivity index (χ4n) is 8.32. The van der Waals surface area contributed by atoms with Crippen LogP contribution in [0.15, 0.2) is 204 Å². The Kier molecular flexibility index (Phi) is 8.72. The number of allylic oxidation sites excluding steroid dienone is 1. The molecule has 0 atom stereocenters. The van der Waals surface area contributed by atoms with Crippen LogP contribution in [-0.4, -0.2) is 11.5 Å². The van der Waals surface area contributed by atoms with E-state index >= 15 is 0 Å². The van der Waals surface area contributed by atoms with Gasteiger partial charge < -0.3 is 0 Å². The molecule has 0 amide bonds. The number of thiophene rings is 2. The van der Waals surface area contributed by atoms with Crippen molar-refractivity contribution in [3.05, 3.63) is 211 Å². The highest BCUT2D eigenvalue weighted by Crippen LogP contribution is 2.45. The lowest BCUT2D eigenvalue weighted by atomic mass is 9.94. The van der Waals surface area contributed by atoms with E-state index < -0.39 is 0 Å². The molecule has 8 aromatic carbocycles. The molecule has 11 rings (SSSR count). The molecule has 0 radical (unpaired) electrons. The summed E-state index contributed by atoms with van der Waals surface area (Å²) in [7, 11) is 0. The van der Waals surface area contributed by atoms with Crippen molar-refractivity contribution in [2.75, 3.05) is 0 Å². The third-order valence-corrected chi connectivity index (χ3v) is 13.6. The lowest BCUT2D eigenvalue weighted by Crippen LogP contribution is -2.09. The van der Waals surface area contributed by atoms with Crippen LogP contribution in [0.2, 0.25) is 0 Å². The second-order valence-corrected chi connectivity index (χ2v) is 16.9. The average Bonchev–Trinajstić information content (AvgIpc) is 3.85. The number of nitrogens with zero attached hydrogens (tertiary/aromatic N) is 2. The predicted molar refractivity (Wildman–Crippen MR) is 252 cm³/mol. The molecule has 58 heavy (non-hydrogen) atoms. The van der Waals surface area contributed by atoms with Crippen LogP contribution in [-0.2, 0) is 0 Å². The zero-order chi connectivity index (χ0) is 38.4. The van der Waals surface area contributed by atoms with Gasteiger partial charge >= 0.3 is 0 Å². The van der Waals surface area contributed by atoms with E-state index in [1.54, 1.807) is 0 Å². The van der Waals surface area contributed by atoms with Gasteiger partial charge in [-0.3, -0.25) is 0 Å². The number of aliphatic imine (C=N–C) groups is 2. The molecule has 0 saturated carbocycles. The third-order valence-electron chi connectivity index (χ3n) is 11.2. The smallest absolute Gasteiger partial charge is 0.160 e. The van der Waals surface area contributed by atoms with Crippen molar-refractivity contribution in [1.29, 1.82) is 0 Å². The van der Waals surface area contributed by atoms with Crippen molar-refractivity contribution in [3.63, 3.8) is 0 Å². The maximum Gasteiger partial charge on any atom is 0.160 e. The van der Waals surface area contributed by atoms with E-state index in [2.05, 4.69) is 188 Å². The van der Waals surface area contributed by atoms with Crippen molar-refractivity contribution < 1.29 is 0 Å². The van der Waals surface area contributed by atoms with Crippen molar-refractivity contribution in [2.24, 2.45) is 9.98 Å². The first-order valence-corrected chi connectivity index (χ1v) is 21.4. The van der Waals surface area contributed by atoms with E-state index in [1.165, 1.54) is 73.7 Å². The zero-order valence-electron chi connectivity index (χ0n) is 31.6. The molecule has 0 aliphatic carbocycles. The van der Waals surface area contributed by atoms with Gasteiger partial charge in [0.05, 0.1) is 11.4 Å². The monoisotopic (exact) mass is 776 g/mol. The van der Waals surface area contributed by atoms with E-state index in [4.69, 9.17) is 9.98 Å². The van der Waals surface area contributed by atoms with Gasteiger partial charge in [0.1, 0.15) is 0 Å². The maximum absolute atomic E-state index is 5.35. The molecule has 0 unspecified atom stereocenters. The minimum Gasteiger partial charge on any atom is -0.232 e. The van der Waals surface area contributed by atoms with Gasteiger partial charge in [0, 0.05) is 57.0 Å². The van der Waals surface area contributed by atoms with Crippen molar-refractivity contribution in [1.82, 2.24) is 0 Å². The Morgan fingerprint density at radius 3 is 1.81 bits per heavy atom. The molecule has 274 valence electrons. The Morgan fingerprint density at radius 2 is 0.983 bits per heavy atom. The quantitative estimate of drug-likeness (QED) is 0.161. The Bertz CT molecular complexity index is 3260. The minimum atomic E-state index is 0.743. The molecule has 0 spiro atoms. The van der Waals surface area contributed by atoms with Crippen molar-refractivity contribution in [2.45, 2.75) is 12.8 Å². The summed E-state index contributed by atoms with van der Waals surface area (Å²) in [5, 5.41) is 5.14. The largest absolute Gasteiger partial charge is 0.232 e. The number of hydrogen-bond acceptors (Lipinski definition) is 4. The molecule has 0 fully saturated rings. The highest BCUT2D eigenvalue weighted by Gasteiger charge is 2.18. The molecule has 0 N–H and O–H groups in total. The summed E-state index contributed by atoms with van der Waals surface area (Å²) in [6, 6.07) is 67.9. The Labute approximate surface area is 345 Å². The van der Waals surface area contributed by atoms with Gasteiger partial charge in [-0.1, -0.05) is 164 Å². The molecule has 4 heteroatoms. The molecule has 1 aliphatic rings. The van der Waals surface area contributed by atoms with Crippen molar-refractivity contribution >= 4 is 80.3 Å². The molecule has 2 aromatic heterocycles. The average molecular weight is 777 g/mol. The van der Waals surface area contributed by atoms with Gasteiger partial charge in [-0.05, 0) is 76.6 Å². The Morgan fingerprint density at radius 1 is 0.362 bits per heavy atom. The van der Waals surface area contributed by atoms with E-state index in [9.17, 15) is 0 Å². The van der Waals surface area contributed by atoms with Gasteiger partial charge in [0.15, 0.2) is 5.84 Å². The fraction of sp³-hybridized carbons (Fsp3) is 0.0370. The van der Waals surface area contributed by atoms with Crippen molar-refractivity contribution in [3.8, 4) is 33.4 Å². The molecule has 10 aromatic rings. The highest BCUT2D eigenvalue weighted by molar-refractivity contribution is 7.26. The van der Waals surface area contributed by atoms with Crippen LogP contribution in [0.1, 0.15) is 29.5 Å². The molecular formula is C54H36N2S2. The van der Waals surface area contributed by atoms with Gasteiger partial charge in [-0.2, -0.15) is 0 Å². The summed E-state index contributed by atoms with van der Waals surface area (Å²) in [6.45, 7) is 0. The lowest BCUT2D eigenvalue weighted by Gasteiger charge is -2.13. The number of hydrogen-bond donors (Lipinski definition) is 0. The van der Waals surface area contributed by atoms with Gasteiger partial charge in [-0.15, -0.1) is 22.7 Å². The number of amidine groups is 1. The van der Waals surface area contributed by atoms with E-state index in [1.807, 2.05) is 28.7 Å². The summed E-state index contributed by atoms with van der Waals surface area (Å²) in [5.41, 5.74) is 12.7. The number of benzene rings is 8. The van der Waals surface area contributed by atoms with Gasteiger partial charge in [0.2, 0.25) is 0 Å². The van der Waals surface area contributed by atoms with Crippen LogP contribution in [0, 0.1) is 0 Å². The first-order valence-electron chi connectivity index (χ1n) is 19.8. The summed E-state index contributed by atoms with van der Waals surface area (Å²) >= 11 is 3.75. The predicted octanol–water partition coefficient (Wildman–Crippen LogP) is 15.5. The normalized spacial score (nSPS) is 16.0. The number of fused-ring (bicyclic) bond motifs is 6. The van der Waals surface area contributed by atoms with Crippen LogP contribution in [0.25, 0.3) is 79.4 Å². The van der Waals surface area contributed by atoms with E-state index in [0.717, 1.165) is 46.8 Å². The van der Waals surface area contributed by atoms with E-state index in [-0.39, 0.29) is 0 Å². The summed E-state index contributed by atoms with van der Waals surface area (Å²) in [6.07, 6.45) is 4.00. The summed E-state index contributed by atoms with van der Waals surface area (Å²) in [4.78, 5) is 10.6. The second kappa shape index (κ2) is 14.7. The van der Waals surface area contributed by atoms with E-state index in [0.29, 0.717) is 0 Å². The fourth-order valence-corrected chi connectivity index (χ4v) is 10.8. The van der Waals surface area contributed by atoms with Crippen LogP contribution < -0.4 is 0 Å². The van der Waals surface area contributed by atoms with Gasteiger partial charge in [0.25, 0.3) is 0 Å². The minimum absolute atomic E-state index is 0.743. The Hall–Kier alpha value is -6.72. The number of rotatable bonds is 6. The molecular weight excluding hydrogens is 741 g/mol. The van der Waals surface area contributed by atoms with Crippen LogP contribution in [0.4, 0.5) is 0 Å². The third kappa shape index (κ3) is 6.28. The molecule has 0 bridgehead atoms. The Balaban J connectivity index is 1.04. The van der Waals surface area contributed by atoms with Crippen LogP contribution >= 0.6 is 22.7 Å². The molecule has 1 aliphatic heterocycles. The zero-order valence-corrected chi connectivity index (χ0v) is 33.2. The standard InChI is InChI=1S/C54H36N2S2/c1-4-15-35(16-5-1)38-21-12-22-40(31-38)46-32-41(33-47-42-23-10-11-28-50(42)57-53(46)47)39-29-30-43-44-24-13-25-45(52(44)58-51(43)34-39)49-27-14-26-48(36-17-6-2-7-18-36)55-54(56-49)37-19-8-3-9-20-37/h1-13,15-25,27-34H,14,26H2/b49-27-,55-48+,56-54-. The first kappa shape index (κ1) is 34.5. The van der Waals surface area contributed by atoms with Crippen LogP contribution in [0.3, 0.4) is 0 Å². The maximum atomic E-state index is 5.35. The molecule has 0 saturated heterocycles. The summed E-state index contributed by atoms with van der Waals surface area (Å²) < 4.78 is 5.16. The molecule has 3 heterocycles. The SMILES string of the molecule is C1=C(c2cccc3c2sc2cc(-c4cc(-c5cccc(-c6ccccc6)c5)c5sc6ccccc6c5c4)ccc23)/N=C(c2ccccc2)\N=C(\c2ccccc2)CC\1. The lowest BCUT2D eigenvalue weighted by molar-refractivity contribution is 1.09.